The molecule has 116 valence electrons. The number of hydrogen-bond donors (Lipinski definition) is 0. The summed E-state index contributed by atoms with van der Waals surface area (Å²) in [6.07, 6.45) is 7.41. The van der Waals surface area contributed by atoms with E-state index in [1.807, 2.05) is 13.8 Å². The lowest BCUT2D eigenvalue weighted by molar-refractivity contribution is -0.172. The van der Waals surface area contributed by atoms with Crippen LogP contribution in [0.1, 0.15) is 58.8 Å². The first-order chi connectivity index (χ1) is 9.65. The molecule has 0 aromatic heterocycles. The Balaban J connectivity index is 1.71. The molecule has 4 nitrogen and oxygen atoms in total. The lowest BCUT2D eigenvalue weighted by Gasteiger charge is -2.30. The number of esters is 1. The van der Waals surface area contributed by atoms with Crippen LogP contribution in [0.3, 0.4) is 0 Å². The molecule has 20 heavy (non-hydrogen) atoms. The van der Waals surface area contributed by atoms with Crippen LogP contribution in [0, 0.1) is 11.8 Å². The fourth-order valence-electron chi connectivity index (χ4n) is 3.07. The second kappa shape index (κ2) is 7.99. The van der Waals surface area contributed by atoms with E-state index in [-0.39, 0.29) is 24.3 Å². The monoisotopic (exact) mass is 284 g/mol. The first-order valence-corrected chi connectivity index (χ1v) is 8.09. The van der Waals surface area contributed by atoms with Crippen LogP contribution in [-0.4, -0.2) is 31.6 Å². The van der Waals surface area contributed by atoms with Crippen molar-refractivity contribution in [2.75, 3.05) is 13.2 Å². The third-order valence-corrected chi connectivity index (χ3v) is 4.12. The molecule has 0 amide bonds. The zero-order valence-electron chi connectivity index (χ0n) is 12.8. The van der Waals surface area contributed by atoms with Gasteiger partial charge in [0.25, 0.3) is 0 Å². The number of carbonyl (C=O) groups is 1. The molecule has 2 rings (SSSR count). The van der Waals surface area contributed by atoms with E-state index < -0.39 is 0 Å². The minimum atomic E-state index is -0.0291. The van der Waals surface area contributed by atoms with Gasteiger partial charge >= 0.3 is 5.97 Å². The molecule has 0 bridgehead atoms. The fraction of sp³-hybridized carbons (Fsp3) is 0.938. The van der Waals surface area contributed by atoms with Crippen LogP contribution >= 0.6 is 0 Å². The van der Waals surface area contributed by atoms with Crippen molar-refractivity contribution in [2.24, 2.45) is 11.8 Å². The topological polar surface area (TPSA) is 44.8 Å². The van der Waals surface area contributed by atoms with Crippen molar-refractivity contribution in [3.63, 3.8) is 0 Å². The maximum atomic E-state index is 12.0. The highest BCUT2D eigenvalue weighted by molar-refractivity contribution is 5.72. The van der Waals surface area contributed by atoms with Crippen molar-refractivity contribution in [1.29, 1.82) is 0 Å². The second-order valence-electron chi connectivity index (χ2n) is 6.34. The molecular formula is C16H28O4. The summed E-state index contributed by atoms with van der Waals surface area (Å²) in [4.78, 5) is 12.0. The quantitative estimate of drug-likeness (QED) is 0.727. The fourth-order valence-corrected chi connectivity index (χ4v) is 3.07. The van der Waals surface area contributed by atoms with Gasteiger partial charge in [-0.2, -0.15) is 0 Å². The van der Waals surface area contributed by atoms with Crippen molar-refractivity contribution in [1.82, 2.24) is 0 Å². The highest BCUT2D eigenvalue weighted by atomic mass is 16.7. The first-order valence-electron chi connectivity index (χ1n) is 8.09. The molecule has 1 saturated heterocycles. The van der Waals surface area contributed by atoms with Gasteiger partial charge in [0, 0.05) is 6.61 Å². The van der Waals surface area contributed by atoms with Gasteiger partial charge in [-0.15, -0.1) is 0 Å². The number of hydrogen-bond acceptors (Lipinski definition) is 4. The van der Waals surface area contributed by atoms with E-state index >= 15 is 0 Å². The van der Waals surface area contributed by atoms with Crippen molar-refractivity contribution < 1.29 is 19.0 Å². The lowest BCUT2D eigenvalue weighted by atomic mass is 9.82. The Morgan fingerprint density at radius 2 is 2.05 bits per heavy atom. The molecule has 1 aliphatic heterocycles. The van der Waals surface area contributed by atoms with Crippen LogP contribution in [0.15, 0.2) is 0 Å². The summed E-state index contributed by atoms with van der Waals surface area (Å²) in [6.45, 7) is 5.35. The van der Waals surface area contributed by atoms with Crippen LogP contribution in [0.25, 0.3) is 0 Å². The molecular weight excluding hydrogens is 256 g/mol. The average molecular weight is 284 g/mol. The van der Waals surface area contributed by atoms with Gasteiger partial charge in [-0.1, -0.05) is 6.42 Å². The van der Waals surface area contributed by atoms with Crippen molar-refractivity contribution in [3.8, 4) is 0 Å². The van der Waals surface area contributed by atoms with Crippen LogP contribution in [0.2, 0.25) is 0 Å². The van der Waals surface area contributed by atoms with Crippen LogP contribution in [0.4, 0.5) is 0 Å². The highest BCUT2D eigenvalue weighted by Crippen LogP contribution is 2.31. The Morgan fingerprint density at radius 1 is 1.20 bits per heavy atom. The molecule has 0 radical (unpaired) electrons. The highest BCUT2D eigenvalue weighted by Gasteiger charge is 2.29. The molecule has 0 spiro atoms. The average Bonchev–Trinajstić information content (AvgIpc) is 2.46. The van der Waals surface area contributed by atoms with Gasteiger partial charge in [0.2, 0.25) is 0 Å². The molecule has 1 aliphatic carbocycles. The van der Waals surface area contributed by atoms with Crippen LogP contribution < -0.4 is 0 Å². The van der Waals surface area contributed by atoms with Crippen molar-refractivity contribution in [3.05, 3.63) is 0 Å². The van der Waals surface area contributed by atoms with Gasteiger partial charge in [-0.25, -0.2) is 0 Å². The molecule has 1 heterocycles. The van der Waals surface area contributed by atoms with Gasteiger partial charge in [-0.05, 0) is 58.3 Å². The lowest BCUT2D eigenvalue weighted by Crippen LogP contribution is -2.30. The summed E-state index contributed by atoms with van der Waals surface area (Å²) in [5, 5.41) is 0. The minimum absolute atomic E-state index is 0.0187. The number of rotatable bonds is 5. The number of carbonyl (C=O) groups excluding carboxylic acids is 1. The van der Waals surface area contributed by atoms with Gasteiger partial charge in [-0.3, -0.25) is 4.79 Å². The number of ether oxygens (including phenoxy) is 3. The maximum absolute atomic E-state index is 12.0. The van der Waals surface area contributed by atoms with Gasteiger partial charge < -0.3 is 14.2 Å². The second-order valence-corrected chi connectivity index (χ2v) is 6.34. The van der Waals surface area contributed by atoms with E-state index in [0.717, 1.165) is 51.7 Å². The van der Waals surface area contributed by atoms with Crippen LogP contribution in [0.5, 0.6) is 0 Å². The van der Waals surface area contributed by atoms with E-state index in [9.17, 15) is 4.79 Å². The molecule has 4 heteroatoms. The minimum Gasteiger partial charge on any atom is -0.463 e. The summed E-state index contributed by atoms with van der Waals surface area (Å²) in [5.41, 5.74) is 0. The zero-order chi connectivity index (χ0) is 14.4. The molecule has 3 atom stereocenters. The van der Waals surface area contributed by atoms with Gasteiger partial charge in [0.05, 0.1) is 18.6 Å². The Labute approximate surface area is 122 Å². The molecule has 0 aromatic carbocycles. The molecule has 0 N–H and O–H groups in total. The van der Waals surface area contributed by atoms with E-state index in [1.54, 1.807) is 0 Å². The summed E-state index contributed by atoms with van der Waals surface area (Å²) >= 11 is 0. The third kappa shape index (κ3) is 5.06. The Kier molecular flexibility index (Phi) is 6.30. The predicted molar refractivity (Wildman–Crippen MR) is 76.2 cm³/mol. The summed E-state index contributed by atoms with van der Waals surface area (Å²) in [6, 6.07) is 0. The molecule has 1 saturated carbocycles. The zero-order valence-corrected chi connectivity index (χ0v) is 12.8. The molecule has 2 aliphatic rings. The van der Waals surface area contributed by atoms with Crippen LogP contribution in [-0.2, 0) is 19.0 Å². The molecule has 2 fully saturated rings. The van der Waals surface area contributed by atoms with E-state index in [1.165, 1.54) is 6.42 Å². The maximum Gasteiger partial charge on any atom is 0.309 e. The molecule has 3 unspecified atom stereocenters. The normalized spacial score (nSPS) is 31.2. The standard InChI is InChI=1S/C16H28O4/c1-12(2)20-16(17)14-7-5-6-13(10-14)11-19-15-8-3-4-9-18-15/h12-15H,3-11H2,1-2H3. The summed E-state index contributed by atoms with van der Waals surface area (Å²) < 4.78 is 16.8. The molecule has 0 aromatic rings. The largest absolute Gasteiger partial charge is 0.463 e. The Bertz CT molecular complexity index is 297. The van der Waals surface area contributed by atoms with Gasteiger partial charge in [0.15, 0.2) is 6.29 Å². The van der Waals surface area contributed by atoms with E-state index in [4.69, 9.17) is 14.2 Å². The smallest absolute Gasteiger partial charge is 0.309 e. The summed E-state index contributed by atoms with van der Waals surface area (Å²) in [7, 11) is 0. The van der Waals surface area contributed by atoms with Gasteiger partial charge in [0.1, 0.15) is 0 Å². The predicted octanol–water partition coefficient (Wildman–Crippen LogP) is 3.29. The Morgan fingerprint density at radius 3 is 2.75 bits per heavy atom. The van der Waals surface area contributed by atoms with E-state index in [2.05, 4.69) is 0 Å². The van der Waals surface area contributed by atoms with Crippen molar-refractivity contribution >= 4 is 5.97 Å². The van der Waals surface area contributed by atoms with Crippen molar-refractivity contribution in [2.45, 2.75) is 71.2 Å². The Hall–Kier alpha value is -0.610. The third-order valence-electron chi connectivity index (χ3n) is 4.12. The van der Waals surface area contributed by atoms with E-state index in [0.29, 0.717) is 5.92 Å². The summed E-state index contributed by atoms with van der Waals surface area (Å²) in [5.74, 6) is 0.504. The first kappa shape index (κ1) is 15.8. The SMILES string of the molecule is CC(C)OC(=O)C1CCCC(COC2CCCCO2)C1.